The second-order valence-corrected chi connectivity index (χ2v) is 4.86. The Labute approximate surface area is 128 Å². The van der Waals surface area contributed by atoms with Crippen LogP contribution in [0.15, 0.2) is 48.5 Å². The van der Waals surface area contributed by atoms with Gasteiger partial charge >= 0.3 is 11.8 Å². The molecule has 0 aliphatic carbocycles. The Bertz CT molecular complexity index is 724. The van der Waals surface area contributed by atoms with Gasteiger partial charge in [-0.05, 0) is 49.7 Å². The van der Waals surface area contributed by atoms with E-state index >= 15 is 0 Å². The maximum absolute atomic E-state index is 11.9. The maximum atomic E-state index is 11.9. The minimum absolute atomic E-state index is 0.0443. The van der Waals surface area contributed by atoms with Gasteiger partial charge in [-0.15, -0.1) is 0 Å². The van der Waals surface area contributed by atoms with Gasteiger partial charge < -0.3 is 10.6 Å². The summed E-state index contributed by atoms with van der Waals surface area (Å²) in [7, 11) is 0. The first kappa shape index (κ1) is 15.4. The number of aryl methyl sites for hydroxylation is 1. The molecule has 0 aromatic heterocycles. The molecule has 0 fully saturated rings. The highest BCUT2D eigenvalue weighted by Gasteiger charge is 2.14. The van der Waals surface area contributed by atoms with Gasteiger partial charge in [-0.25, -0.2) is 0 Å². The van der Waals surface area contributed by atoms with Gasteiger partial charge in [0.2, 0.25) is 0 Å². The fraction of sp³-hybridized carbons (Fsp3) is 0.118. The third-order valence-electron chi connectivity index (χ3n) is 3.10. The molecule has 0 bridgehead atoms. The second kappa shape index (κ2) is 6.67. The molecule has 0 atom stereocenters. The van der Waals surface area contributed by atoms with Crippen LogP contribution < -0.4 is 10.6 Å². The molecule has 0 heterocycles. The monoisotopic (exact) mass is 296 g/mol. The van der Waals surface area contributed by atoms with Crippen molar-refractivity contribution in [2.45, 2.75) is 13.8 Å². The van der Waals surface area contributed by atoms with E-state index in [2.05, 4.69) is 10.6 Å². The number of amides is 2. The molecule has 0 aliphatic rings. The summed E-state index contributed by atoms with van der Waals surface area (Å²) in [6, 6.07) is 13.6. The molecule has 2 rings (SSSR count). The van der Waals surface area contributed by atoms with E-state index in [-0.39, 0.29) is 5.78 Å². The Kier molecular flexibility index (Phi) is 4.68. The van der Waals surface area contributed by atoms with Gasteiger partial charge in [-0.2, -0.15) is 0 Å². The van der Waals surface area contributed by atoms with E-state index in [1.54, 1.807) is 49.4 Å². The molecule has 22 heavy (non-hydrogen) atoms. The summed E-state index contributed by atoms with van der Waals surface area (Å²) < 4.78 is 0. The molecule has 0 unspecified atom stereocenters. The summed E-state index contributed by atoms with van der Waals surface area (Å²) in [5.74, 6) is -1.56. The molecule has 2 aromatic rings. The van der Waals surface area contributed by atoms with Crippen LogP contribution in [0.3, 0.4) is 0 Å². The lowest BCUT2D eigenvalue weighted by atomic mass is 10.0. The number of benzene rings is 2. The van der Waals surface area contributed by atoms with E-state index in [9.17, 15) is 14.4 Å². The van der Waals surface area contributed by atoms with Crippen molar-refractivity contribution in [3.8, 4) is 0 Å². The Morgan fingerprint density at radius 3 is 1.95 bits per heavy atom. The van der Waals surface area contributed by atoms with Gasteiger partial charge in [0.05, 0.1) is 0 Å². The first-order valence-corrected chi connectivity index (χ1v) is 6.76. The second-order valence-electron chi connectivity index (χ2n) is 4.86. The summed E-state index contributed by atoms with van der Waals surface area (Å²) >= 11 is 0. The van der Waals surface area contributed by atoms with Crippen molar-refractivity contribution in [3.63, 3.8) is 0 Å². The number of hydrogen-bond donors (Lipinski definition) is 2. The number of carbonyl (C=O) groups excluding carboxylic acids is 3. The van der Waals surface area contributed by atoms with E-state index in [4.69, 9.17) is 0 Å². The fourth-order valence-electron chi connectivity index (χ4n) is 2.03. The Morgan fingerprint density at radius 2 is 1.41 bits per heavy atom. The molecule has 0 saturated heterocycles. The third kappa shape index (κ3) is 3.79. The van der Waals surface area contributed by atoms with Crippen LogP contribution in [0.1, 0.15) is 22.8 Å². The molecule has 5 nitrogen and oxygen atoms in total. The molecule has 0 radical (unpaired) electrons. The molecule has 2 aromatic carbocycles. The van der Waals surface area contributed by atoms with Crippen LogP contribution in [0.25, 0.3) is 0 Å². The summed E-state index contributed by atoms with van der Waals surface area (Å²) in [6.45, 7) is 3.25. The topological polar surface area (TPSA) is 75.3 Å². The molecule has 0 spiro atoms. The lowest BCUT2D eigenvalue weighted by molar-refractivity contribution is -0.132. The van der Waals surface area contributed by atoms with Crippen molar-refractivity contribution in [2.24, 2.45) is 0 Å². The smallest absolute Gasteiger partial charge is 0.314 e. The van der Waals surface area contributed by atoms with Crippen molar-refractivity contribution < 1.29 is 14.4 Å². The predicted octanol–water partition coefficient (Wildman–Crippen LogP) is 2.77. The molecule has 2 amide bonds. The highest BCUT2D eigenvalue weighted by Crippen LogP contribution is 2.16. The lowest BCUT2D eigenvalue weighted by Crippen LogP contribution is -2.29. The van der Waals surface area contributed by atoms with Gasteiger partial charge in [-0.3, -0.25) is 14.4 Å². The molecule has 5 heteroatoms. The Hall–Kier alpha value is -2.95. The number of hydrogen-bond acceptors (Lipinski definition) is 3. The van der Waals surface area contributed by atoms with Crippen LogP contribution in [0, 0.1) is 6.92 Å². The lowest BCUT2D eigenvalue weighted by Gasteiger charge is -2.08. The van der Waals surface area contributed by atoms with Crippen LogP contribution >= 0.6 is 0 Å². The predicted molar refractivity (Wildman–Crippen MR) is 84.9 cm³/mol. The molecular formula is C17H16N2O3. The highest BCUT2D eigenvalue weighted by molar-refractivity contribution is 6.43. The van der Waals surface area contributed by atoms with Crippen LogP contribution in [-0.2, 0) is 9.59 Å². The third-order valence-corrected chi connectivity index (χ3v) is 3.10. The zero-order chi connectivity index (χ0) is 16.1. The standard InChI is InChI=1S/C17H16N2O3/c1-11-10-14(8-9-15(11)12(2)20)19-17(22)16(21)18-13-6-4-3-5-7-13/h3-10H,1-2H3,(H,18,21)(H,19,22). The van der Waals surface area contributed by atoms with Crippen molar-refractivity contribution in [1.29, 1.82) is 0 Å². The zero-order valence-corrected chi connectivity index (χ0v) is 12.3. The van der Waals surface area contributed by atoms with E-state index in [0.29, 0.717) is 16.9 Å². The first-order valence-electron chi connectivity index (χ1n) is 6.76. The average molecular weight is 296 g/mol. The zero-order valence-electron chi connectivity index (χ0n) is 12.3. The highest BCUT2D eigenvalue weighted by atomic mass is 16.2. The minimum Gasteiger partial charge on any atom is -0.318 e. The first-order chi connectivity index (χ1) is 10.5. The van der Waals surface area contributed by atoms with Crippen LogP contribution in [-0.4, -0.2) is 17.6 Å². The van der Waals surface area contributed by atoms with E-state index in [1.165, 1.54) is 6.92 Å². The summed E-state index contributed by atoms with van der Waals surface area (Å²) in [5.41, 5.74) is 2.35. The van der Waals surface area contributed by atoms with Crippen molar-refractivity contribution in [1.82, 2.24) is 0 Å². The molecule has 0 aliphatic heterocycles. The largest absolute Gasteiger partial charge is 0.318 e. The van der Waals surface area contributed by atoms with Crippen molar-refractivity contribution >= 4 is 29.0 Å². The normalized spacial score (nSPS) is 9.91. The van der Waals surface area contributed by atoms with Gasteiger partial charge in [0.25, 0.3) is 0 Å². The number of Topliss-reactive ketones (excluding diaryl/α,β-unsaturated/α-hetero) is 1. The van der Waals surface area contributed by atoms with Gasteiger partial charge in [0.15, 0.2) is 5.78 Å². The quantitative estimate of drug-likeness (QED) is 0.675. The van der Waals surface area contributed by atoms with Crippen LogP contribution in [0.5, 0.6) is 0 Å². The van der Waals surface area contributed by atoms with Gasteiger partial charge in [-0.1, -0.05) is 18.2 Å². The Balaban J connectivity index is 2.04. The number of nitrogens with one attached hydrogen (secondary N) is 2. The number of anilines is 2. The number of carbonyl (C=O) groups is 3. The molecule has 112 valence electrons. The molecular weight excluding hydrogens is 280 g/mol. The number of rotatable bonds is 3. The van der Waals surface area contributed by atoms with Crippen molar-refractivity contribution in [3.05, 3.63) is 59.7 Å². The van der Waals surface area contributed by atoms with Gasteiger partial charge in [0.1, 0.15) is 0 Å². The fourth-order valence-corrected chi connectivity index (χ4v) is 2.03. The summed E-state index contributed by atoms with van der Waals surface area (Å²) in [4.78, 5) is 35.0. The van der Waals surface area contributed by atoms with Gasteiger partial charge in [0, 0.05) is 16.9 Å². The average Bonchev–Trinajstić information content (AvgIpc) is 2.47. The summed E-state index contributed by atoms with van der Waals surface area (Å²) in [6.07, 6.45) is 0. The maximum Gasteiger partial charge on any atom is 0.314 e. The van der Waals surface area contributed by atoms with E-state index in [1.807, 2.05) is 6.07 Å². The van der Waals surface area contributed by atoms with Crippen molar-refractivity contribution in [2.75, 3.05) is 10.6 Å². The minimum atomic E-state index is -0.765. The number of ketones is 1. The summed E-state index contributed by atoms with van der Waals surface area (Å²) in [5, 5.41) is 5.01. The van der Waals surface area contributed by atoms with Crippen LogP contribution in [0.2, 0.25) is 0 Å². The SMILES string of the molecule is CC(=O)c1ccc(NC(=O)C(=O)Nc2ccccc2)cc1C. The van der Waals surface area contributed by atoms with Crippen LogP contribution in [0.4, 0.5) is 11.4 Å². The molecule has 2 N–H and O–H groups in total. The van der Waals surface area contributed by atoms with E-state index < -0.39 is 11.8 Å². The van der Waals surface area contributed by atoms with E-state index in [0.717, 1.165) is 5.56 Å². The number of para-hydroxylation sites is 1. The Morgan fingerprint density at radius 1 is 0.818 bits per heavy atom. The molecule has 0 saturated carbocycles.